The summed E-state index contributed by atoms with van der Waals surface area (Å²) in [6.45, 7) is 1.94. The first-order chi connectivity index (χ1) is 7.58. The van der Waals surface area contributed by atoms with Crippen molar-refractivity contribution in [1.82, 2.24) is 0 Å². The van der Waals surface area contributed by atoms with Gasteiger partial charge in [0, 0.05) is 6.04 Å². The minimum Gasteiger partial charge on any atom is -0.496 e. The predicted molar refractivity (Wildman–Crippen MR) is 61.3 cm³/mol. The van der Waals surface area contributed by atoms with Crippen LogP contribution in [0.15, 0.2) is 18.2 Å². The van der Waals surface area contributed by atoms with Gasteiger partial charge in [0.05, 0.1) is 20.6 Å². The lowest BCUT2D eigenvalue weighted by atomic mass is 10.0. The number of ether oxygens (including phenoxy) is 2. The minimum atomic E-state index is -0.336. The quantitative estimate of drug-likeness (QED) is 0.787. The normalized spacial score (nSPS) is 12.0. The maximum Gasteiger partial charge on any atom is 0.307 e. The second-order valence-corrected chi connectivity index (χ2v) is 3.62. The van der Waals surface area contributed by atoms with Gasteiger partial charge in [0.1, 0.15) is 5.75 Å². The smallest absolute Gasteiger partial charge is 0.307 e. The molecular formula is C12H17NO3. The van der Waals surface area contributed by atoms with Gasteiger partial charge in [-0.2, -0.15) is 0 Å². The molecule has 16 heavy (non-hydrogen) atoms. The van der Waals surface area contributed by atoms with Crippen molar-refractivity contribution in [2.75, 3.05) is 14.2 Å². The summed E-state index contributed by atoms with van der Waals surface area (Å²) in [5.74, 6) is 0.509. The summed E-state index contributed by atoms with van der Waals surface area (Å²) < 4.78 is 9.72. The van der Waals surface area contributed by atoms with Crippen LogP contribution in [0.1, 0.15) is 23.6 Å². The maximum absolute atomic E-state index is 11.1. The van der Waals surface area contributed by atoms with Gasteiger partial charge >= 0.3 is 5.97 Å². The molecule has 0 aliphatic heterocycles. The van der Waals surface area contributed by atoms with Gasteiger partial charge in [0.2, 0.25) is 0 Å². The molecule has 1 atom stereocenters. The fraction of sp³-hybridized carbons (Fsp3) is 0.417. The average Bonchev–Trinajstić information content (AvgIpc) is 2.28. The summed E-state index contributed by atoms with van der Waals surface area (Å²) in [4.78, 5) is 11.1. The average molecular weight is 223 g/mol. The fourth-order valence-electron chi connectivity index (χ4n) is 1.51. The first-order valence-corrected chi connectivity index (χ1v) is 5.05. The zero-order chi connectivity index (χ0) is 12.1. The first kappa shape index (κ1) is 12.5. The van der Waals surface area contributed by atoms with Crippen molar-refractivity contribution in [3.63, 3.8) is 0 Å². The second kappa shape index (κ2) is 5.51. The molecule has 0 fully saturated rings. The van der Waals surface area contributed by atoms with Crippen molar-refractivity contribution in [2.45, 2.75) is 19.4 Å². The third-order valence-electron chi connectivity index (χ3n) is 2.46. The molecular weight excluding hydrogens is 206 g/mol. The highest BCUT2D eigenvalue weighted by molar-refractivity contribution is 5.70. The SMILES string of the molecule is COC(=O)CC(N)c1ccc(OC)c(C)c1. The summed E-state index contributed by atoms with van der Waals surface area (Å²) in [5, 5.41) is 0. The van der Waals surface area contributed by atoms with Crippen molar-refractivity contribution in [1.29, 1.82) is 0 Å². The summed E-state index contributed by atoms with van der Waals surface area (Å²) in [5.41, 5.74) is 7.80. The molecule has 88 valence electrons. The number of hydrogen-bond donors (Lipinski definition) is 1. The molecule has 0 aromatic heterocycles. The van der Waals surface area contributed by atoms with E-state index in [2.05, 4.69) is 4.74 Å². The van der Waals surface area contributed by atoms with Crippen LogP contribution in [0.4, 0.5) is 0 Å². The Balaban J connectivity index is 2.80. The molecule has 0 aliphatic rings. The number of esters is 1. The number of benzene rings is 1. The van der Waals surface area contributed by atoms with E-state index >= 15 is 0 Å². The third kappa shape index (κ3) is 2.97. The molecule has 1 rings (SSSR count). The van der Waals surface area contributed by atoms with E-state index in [0.717, 1.165) is 16.9 Å². The van der Waals surface area contributed by atoms with Gasteiger partial charge in [-0.05, 0) is 24.1 Å². The van der Waals surface area contributed by atoms with E-state index in [9.17, 15) is 4.79 Å². The lowest BCUT2D eigenvalue weighted by Crippen LogP contribution is -2.16. The highest BCUT2D eigenvalue weighted by Gasteiger charge is 2.12. The van der Waals surface area contributed by atoms with Crippen molar-refractivity contribution >= 4 is 5.97 Å². The van der Waals surface area contributed by atoms with Gasteiger partial charge in [-0.3, -0.25) is 4.79 Å². The van der Waals surface area contributed by atoms with Crippen molar-refractivity contribution in [2.24, 2.45) is 5.73 Å². The van der Waals surface area contributed by atoms with Crippen LogP contribution in [0.3, 0.4) is 0 Å². The van der Waals surface area contributed by atoms with Crippen LogP contribution < -0.4 is 10.5 Å². The van der Waals surface area contributed by atoms with Gasteiger partial charge in [-0.25, -0.2) is 0 Å². The molecule has 4 nitrogen and oxygen atoms in total. The Kier molecular flexibility index (Phi) is 4.31. The van der Waals surface area contributed by atoms with Crippen LogP contribution in [0.2, 0.25) is 0 Å². The second-order valence-electron chi connectivity index (χ2n) is 3.62. The summed E-state index contributed by atoms with van der Waals surface area (Å²) in [6, 6.07) is 5.30. The van der Waals surface area contributed by atoms with E-state index in [1.165, 1.54) is 7.11 Å². The van der Waals surface area contributed by atoms with E-state index in [1.807, 2.05) is 25.1 Å². The van der Waals surface area contributed by atoms with Gasteiger partial charge in [0.25, 0.3) is 0 Å². The summed E-state index contributed by atoms with van der Waals surface area (Å²) in [7, 11) is 2.98. The standard InChI is InChI=1S/C12H17NO3/c1-8-6-9(4-5-11(8)15-2)10(13)7-12(14)16-3/h4-6,10H,7,13H2,1-3H3. The third-order valence-corrected chi connectivity index (χ3v) is 2.46. The Morgan fingerprint density at radius 3 is 2.62 bits per heavy atom. The molecule has 0 spiro atoms. The predicted octanol–water partition coefficient (Wildman–Crippen LogP) is 1.57. The van der Waals surface area contributed by atoms with Gasteiger partial charge in [0.15, 0.2) is 0 Å². The van der Waals surface area contributed by atoms with Gasteiger partial charge in [-0.15, -0.1) is 0 Å². The number of rotatable bonds is 4. The molecule has 1 aromatic rings. The van der Waals surface area contributed by atoms with Gasteiger partial charge in [-0.1, -0.05) is 12.1 Å². The Bertz CT molecular complexity index is 377. The Hall–Kier alpha value is -1.55. The number of hydrogen-bond acceptors (Lipinski definition) is 4. The summed E-state index contributed by atoms with van der Waals surface area (Å²) in [6.07, 6.45) is 0.183. The molecule has 4 heteroatoms. The van der Waals surface area contributed by atoms with E-state index < -0.39 is 0 Å². The van der Waals surface area contributed by atoms with Crippen LogP contribution in [-0.2, 0) is 9.53 Å². The van der Waals surface area contributed by atoms with E-state index in [-0.39, 0.29) is 18.4 Å². The Labute approximate surface area is 95.3 Å². The summed E-state index contributed by atoms with van der Waals surface area (Å²) >= 11 is 0. The molecule has 0 heterocycles. The number of carbonyl (C=O) groups is 1. The molecule has 0 aliphatic carbocycles. The minimum absolute atomic E-state index is 0.183. The molecule has 0 amide bonds. The number of aryl methyl sites for hydroxylation is 1. The fourth-order valence-corrected chi connectivity index (χ4v) is 1.51. The molecule has 0 bridgehead atoms. The first-order valence-electron chi connectivity index (χ1n) is 5.05. The largest absolute Gasteiger partial charge is 0.496 e. The lowest BCUT2D eigenvalue weighted by molar-refractivity contribution is -0.141. The van der Waals surface area contributed by atoms with Crippen LogP contribution in [-0.4, -0.2) is 20.2 Å². The van der Waals surface area contributed by atoms with Gasteiger partial charge < -0.3 is 15.2 Å². The molecule has 1 unspecified atom stereocenters. The molecule has 2 N–H and O–H groups in total. The number of methoxy groups -OCH3 is 2. The van der Waals surface area contributed by atoms with Crippen LogP contribution in [0.25, 0.3) is 0 Å². The lowest BCUT2D eigenvalue weighted by Gasteiger charge is -2.13. The monoisotopic (exact) mass is 223 g/mol. The highest BCUT2D eigenvalue weighted by atomic mass is 16.5. The number of carbonyl (C=O) groups excluding carboxylic acids is 1. The van der Waals surface area contributed by atoms with Crippen molar-refractivity contribution in [3.8, 4) is 5.75 Å². The zero-order valence-corrected chi connectivity index (χ0v) is 9.82. The van der Waals surface area contributed by atoms with Crippen LogP contribution in [0.5, 0.6) is 5.75 Å². The van der Waals surface area contributed by atoms with E-state index in [4.69, 9.17) is 10.5 Å². The molecule has 1 aromatic carbocycles. The van der Waals surface area contributed by atoms with Crippen molar-refractivity contribution in [3.05, 3.63) is 29.3 Å². The van der Waals surface area contributed by atoms with E-state index in [0.29, 0.717) is 0 Å². The highest BCUT2D eigenvalue weighted by Crippen LogP contribution is 2.23. The zero-order valence-electron chi connectivity index (χ0n) is 9.82. The number of nitrogens with two attached hydrogens (primary N) is 1. The molecule has 0 radical (unpaired) electrons. The van der Waals surface area contributed by atoms with Crippen LogP contribution in [0, 0.1) is 6.92 Å². The topological polar surface area (TPSA) is 61.5 Å². The molecule has 0 saturated carbocycles. The molecule has 0 saturated heterocycles. The Morgan fingerprint density at radius 1 is 1.44 bits per heavy atom. The van der Waals surface area contributed by atoms with E-state index in [1.54, 1.807) is 7.11 Å². The Morgan fingerprint density at radius 2 is 2.12 bits per heavy atom. The van der Waals surface area contributed by atoms with Crippen molar-refractivity contribution < 1.29 is 14.3 Å². The maximum atomic E-state index is 11.1. The van der Waals surface area contributed by atoms with Crippen LogP contribution >= 0.6 is 0 Å².